The first-order valence-electron chi connectivity index (χ1n) is 6.29. The standard InChI is InChI=1S/C14H20ClNO3/c1-11(17)6-7-14(18)16(2)8-9-19-13-5-3-4-12(15)10-13/h3-5,10-11,17H,6-9H2,1-2H3. The van der Waals surface area contributed by atoms with Gasteiger partial charge in [0.1, 0.15) is 12.4 Å². The summed E-state index contributed by atoms with van der Waals surface area (Å²) in [7, 11) is 1.73. The number of nitrogens with zero attached hydrogens (tertiary/aromatic N) is 1. The first kappa shape index (κ1) is 15.8. The zero-order valence-corrected chi connectivity index (χ0v) is 12.1. The van der Waals surface area contributed by atoms with E-state index in [1.807, 2.05) is 12.1 Å². The molecule has 106 valence electrons. The number of ether oxygens (including phenoxy) is 1. The van der Waals surface area contributed by atoms with Crippen molar-refractivity contribution in [3.63, 3.8) is 0 Å². The number of aliphatic hydroxyl groups is 1. The number of halogens is 1. The summed E-state index contributed by atoms with van der Waals surface area (Å²) in [6, 6.07) is 7.15. The second kappa shape index (κ2) is 8.02. The van der Waals surface area contributed by atoms with Gasteiger partial charge in [0.2, 0.25) is 5.91 Å². The fraction of sp³-hybridized carbons (Fsp3) is 0.500. The number of likely N-dealkylation sites (N-methyl/N-ethyl adjacent to an activating group) is 1. The molecule has 0 aliphatic carbocycles. The normalized spacial score (nSPS) is 12.0. The molecular formula is C14H20ClNO3. The van der Waals surface area contributed by atoms with Crippen LogP contribution in [0.25, 0.3) is 0 Å². The Morgan fingerprint density at radius 2 is 2.26 bits per heavy atom. The number of amides is 1. The smallest absolute Gasteiger partial charge is 0.222 e. The molecule has 19 heavy (non-hydrogen) atoms. The Morgan fingerprint density at radius 3 is 2.89 bits per heavy atom. The summed E-state index contributed by atoms with van der Waals surface area (Å²) in [5, 5.41) is 9.75. The van der Waals surface area contributed by atoms with Crippen LogP contribution in [0.5, 0.6) is 5.75 Å². The molecule has 1 amide bonds. The van der Waals surface area contributed by atoms with Crippen LogP contribution in [-0.2, 0) is 4.79 Å². The van der Waals surface area contributed by atoms with Crippen LogP contribution in [0.3, 0.4) is 0 Å². The van der Waals surface area contributed by atoms with E-state index in [0.717, 1.165) is 0 Å². The number of rotatable bonds is 7. The minimum Gasteiger partial charge on any atom is -0.492 e. The van der Waals surface area contributed by atoms with Crippen molar-refractivity contribution in [2.24, 2.45) is 0 Å². The molecule has 4 nitrogen and oxygen atoms in total. The summed E-state index contributed by atoms with van der Waals surface area (Å²) in [5.74, 6) is 0.702. The third-order valence-corrected chi connectivity index (χ3v) is 2.93. The lowest BCUT2D eigenvalue weighted by Crippen LogP contribution is -2.31. The Bertz CT molecular complexity index is 409. The van der Waals surface area contributed by atoms with Crippen LogP contribution in [0.1, 0.15) is 19.8 Å². The number of hydrogen-bond donors (Lipinski definition) is 1. The predicted octanol–water partition coefficient (Wildman–Crippen LogP) is 2.34. The SMILES string of the molecule is CC(O)CCC(=O)N(C)CCOc1cccc(Cl)c1. The number of aliphatic hydroxyl groups excluding tert-OH is 1. The molecule has 5 heteroatoms. The van der Waals surface area contributed by atoms with Crippen LogP contribution in [0, 0.1) is 0 Å². The van der Waals surface area contributed by atoms with Crippen molar-refractivity contribution in [1.82, 2.24) is 4.90 Å². The van der Waals surface area contributed by atoms with Gasteiger partial charge in [0.15, 0.2) is 0 Å². The van der Waals surface area contributed by atoms with Crippen molar-refractivity contribution in [1.29, 1.82) is 0 Å². The number of carbonyl (C=O) groups excluding carboxylic acids is 1. The molecule has 0 fully saturated rings. The quantitative estimate of drug-likeness (QED) is 0.836. The molecule has 1 unspecified atom stereocenters. The molecule has 0 aliphatic rings. The van der Waals surface area contributed by atoms with E-state index in [1.165, 1.54) is 0 Å². The molecule has 0 heterocycles. The van der Waals surface area contributed by atoms with Crippen molar-refractivity contribution in [2.45, 2.75) is 25.9 Å². The van der Waals surface area contributed by atoms with E-state index >= 15 is 0 Å². The van der Waals surface area contributed by atoms with Crippen LogP contribution >= 0.6 is 11.6 Å². The van der Waals surface area contributed by atoms with E-state index in [4.69, 9.17) is 21.4 Å². The summed E-state index contributed by atoms with van der Waals surface area (Å²) in [6.07, 6.45) is 0.393. The summed E-state index contributed by atoms with van der Waals surface area (Å²) in [6.45, 7) is 2.60. The van der Waals surface area contributed by atoms with E-state index in [0.29, 0.717) is 36.8 Å². The highest BCUT2D eigenvalue weighted by molar-refractivity contribution is 6.30. The summed E-state index contributed by atoms with van der Waals surface area (Å²) < 4.78 is 5.51. The Hall–Kier alpha value is -1.26. The van der Waals surface area contributed by atoms with Gasteiger partial charge in [-0.3, -0.25) is 4.79 Å². The molecule has 1 N–H and O–H groups in total. The predicted molar refractivity (Wildman–Crippen MR) is 75.5 cm³/mol. The average molecular weight is 286 g/mol. The van der Waals surface area contributed by atoms with Crippen molar-refractivity contribution in [3.8, 4) is 5.75 Å². The molecule has 1 aromatic carbocycles. The molecule has 0 aromatic heterocycles. The molecule has 1 atom stereocenters. The zero-order valence-electron chi connectivity index (χ0n) is 11.3. The Morgan fingerprint density at radius 1 is 1.53 bits per heavy atom. The minimum atomic E-state index is -0.444. The summed E-state index contributed by atoms with van der Waals surface area (Å²) in [4.78, 5) is 13.3. The maximum absolute atomic E-state index is 11.7. The Kier molecular flexibility index (Phi) is 6.67. The zero-order chi connectivity index (χ0) is 14.3. The Labute approximate surface area is 118 Å². The highest BCUT2D eigenvalue weighted by Gasteiger charge is 2.09. The van der Waals surface area contributed by atoms with Gasteiger partial charge in [0.25, 0.3) is 0 Å². The second-order valence-corrected chi connectivity index (χ2v) is 4.95. The van der Waals surface area contributed by atoms with Gasteiger partial charge in [0, 0.05) is 18.5 Å². The van der Waals surface area contributed by atoms with Gasteiger partial charge < -0.3 is 14.7 Å². The number of hydrogen-bond acceptors (Lipinski definition) is 3. The van der Waals surface area contributed by atoms with Gasteiger partial charge in [-0.2, -0.15) is 0 Å². The van der Waals surface area contributed by atoms with E-state index in [9.17, 15) is 4.79 Å². The van der Waals surface area contributed by atoms with Crippen LogP contribution in [0.2, 0.25) is 5.02 Å². The van der Waals surface area contributed by atoms with Crippen LogP contribution in [-0.4, -0.2) is 42.2 Å². The average Bonchev–Trinajstić information content (AvgIpc) is 2.35. The lowest BCUT2D eigenvalue weighted by Gasteiger charge is -2.18. The largest absolute Gasteiger partial charge is 0.492 e. The van der Waals surface area contributed by atoms with Crippen LogP contribution < -0.4 is 4.74 Å². The Balaban J connectivity index is 2.26. The van der Waals surface area contributed by atoms with Crippen molar-refractivity contribution < 1.29 is 14.6 Å². The fourth-order valence-corrected chi connectivity index (χ4v) is 1.69. The third kappa shape index (κ3) is 6.45. The summed E-state index contributed by atoms with van der Waals surface area (Å²) >= 11 is 5.84. The second-order valence-electron chi connectivity index (χ2n) is 4.51. The topological polar surface area (TPSA) is 49.8 Å². The molecule has 0 radical (unpaired) electrons. The lowest BCUT2D eigenvalue weighted by molar-refractivity contribution is -0.130. The van der Waals surface area contributed by atoms with Crippen LogP contribution in [0.4, 0.5) is 0 Å². The first-order chi connectivity index (χ1) is 8.99. The molecule has 0 saturated carbocycles. The van der Waals surface area contributed by atoms with E-state index in [1.54, 1.807) is 31.0 Å². The molecule has 0 saturated heterocycles. The van der Waals surface area contributed by atoms with Crippen LogP contribution in [0.15, 0.2) is 24.3 Å². The van der Waals surface area contributed by atoms with Gasteiger partial charge in [-0.25, -0.2) is 0 Å². The van der Waals surface area contributed by atoms with E-state index < -0.39 is 6.10 Å². The van der Waals surface area contributed by atoms with Gasteiger partial charge in [-0.1, -0.05) is 17.7 Å². The van der Waals surface area contributed by atoms with Gasteiger partial charge >= 0.3 is 0 Å². The van der Waals surface area contributed by atoms with Crippen molar-refractivity contribution in [2.75, 3.05) is 20.2 Å². The van der Waals surface area contributed by atoms with Gasteiger partial charge in [-0.05, 0) is 31.5 Å². The monoisotopic (exact) mass is 285 g/mol. The first-order valence-corrected chi connectivity index (χ1v) is 6.67. The van der Waals surface area contributed by atoms with Gasteiger partial charge in [0.05, 0.1) is 12.6 Å². The summed E-state index contributed by atoms with van der Waals surface area (Å²) in [5.41, 5.74) is 0. The molecule has 1 rings (SSSR count). The van der Waals surface area contributed by atoms with E-state index in [2.05, 4.69) is 0 Å². The van der Waals surface area contributed by atoms with Crippen molar-refractivity contribution >= 4 is 17.5 Å². The minimum absolute atomic E-state index is 0.00981. The molecule has 0 aliphatic heterocycles. The number of benzene rings is 1. The molecule has 0 bridgehead atoms. The van der Waals surface area contributed by atoms with Gasteiger partial charge in [-0.15, -0.1) is 0 Å². The maximum Gasteiger partial charge on any atom is 0.222 e. The molecule has 1 aromatic rings. The fourth-order valence-electron chi connectivity index (χ4n) is 1.51. The molecule has 0 spiro atoms. The highest BCUT2D eigenvalue weighted by Crippen LogP contribution is 2.16. The van der Waals surface area contributed by atoms with E-state index in [-0.39, 0.29) is 5.91 Å². The lowest BCUT2D eigenvalue weighted by atomic mass is 10.2. The van der Waals surface area contributed by atoms with Crippen molar-refractivity contribution in [3.05, 3.63) is 29.3 Å². The highest BCUT2D eigenvalue weighted by atomic mass is 35.5. The number of carbonyl (C=O) groups is 1. The third-order valence-electron chi connectivity index (χ3n) is 2.69. The molecular weight excluding hydrogens is 266 g/mol. The maximum atomic E-state index is 11.7.